The maximum absolute atomic E-state index is 12.1. The van der Waals surface area contributed by atoms with E-state index in [9.17, 15) is 4.79 Å². The second kappa shape index (κ2) is 5.46. The Morgan fingerprint density at radius 3 is 3.00 bits per heavy atom. The highest BCUT2D eigenvalue weighted by atomic mass is 16.5. The minimum Gasteiger partial charge on any atom is -0.365 e. The Bertz CT molecular complexity index is 595. The number of aromatic amines is 1. The van der Waals surface area contributed by atoms with E-state index in [-0.39, 0.29) is 18.1 Å². The van der Waals surface area contributed by atoms with Gasteiger partial charge in [-0.05, 0) is 38.0 Å². The van der Waals surface area contributed by atoms with Gasteiger partial charge in [-0.15, -0.1) is 0 Å². The van der Waals surface area contributed by atoms with Gasteiger partial charge in [-0.25, -0.2) is 0 Å². The Labute approximate surface area is 117 Å². The van der Waals surface area contributed by atoms with Crippen LogP contribution in [0.5, 0.6) is 0 Å². The Hall–Kier alpha value is -2.14. The quantitative estimate of drug-likeness (QED) is 0.901. The molecule has 20 heavy (non-hydrogen) atoms. The Kier molecular flexibility index (Phi) is 3.52. The minimum absolute atomic E-state index is 0.0730. The number of hydrogen-bond donors (Lipinski definition) is 2. The normalized spacial score (nSPS) is 21.9. The number of carbonyl (C=O) groups is 1. The van der Waals surface area contributed by atoms with Crippen LogP contribution in [-0.2, 0) is 9.53 Å². The molecule has 3 rings (SSSR count). The van der Waals surface area contributed by atoms with Crippen molar-refractivity contribution < 1.29 is 9.53 Å². The average molecular weight is 271 g/mol. The molecule has 0 bridgehead atoms. The molecule has 0 radical (unpaired) electrons. The lowest BCUT2D eigenvalue weighted by molar-refractivity contribution is -0.126. The molecule has 1 aliphatic rings. The summed E-state index contributed by atoms with van der Waals surface area (Å²) >= 11 is 0. The van der Waals surface area contributed by atoms with E-state index in [1.165, 1.54) is 0 Å². The summed E-state index contributed by atoms with van der Waals surface area (Å²) in [6.07, 6.45) is 3.26. The molecule has 5 nitrogen and oxygen atoms in total. The molecular formula is C15H17N3O2. The minimum atomic E-state index is -0.333. The highest BCUT2D eigenvalue weighted by molar-refractivity contribution is 5.94. The highest BCUT2D eigenvalue weighted by Gasteiger charge is 2.28. The maximum Gasteiger partial charge on any atom is 0.253 e. The van der Waals surface area contributed by atoms with E-state index in [0.29, 0.717) is 0 Å². The summed E-state index contributed by atoms with van der Waals surface area (Å²) in [7, 11) is 0. The third-order valence-corrected chi connectivity index (χ3v) is 3.47. The number of benzene rings is 1. The fraction of sp³-hybridized carbons (Fsp3) is 0.333. The summed E-state index contributed by atoms with van der Waals surface area (Å²) in [5.41, 5.74) is 2.68. The molecule has 0 spiro atoms. The van der Waals surface area contributed by atoms with Gasteiger partial charge in [0.25, 0.3) is 5.91 Å². The molecule has 0 saturated carbocycles. The molecule has 1 amide bonds. The lowest BCUT2D eigenvalue weighted by Crippen LogP contribution is -2.27. The first kappa shape index (κ1) is 12.9. The van der Waals surface area contributed by atoms with Crippen molar-refractivity contribution in [1.29, 1.82) is 0 Å². The molecule has 1 aromatic carbocycles. The molecule has 104 valence electrons. The monoisotopic (exact) mass is 271 g/mol. The molecule has 1 aromatic heterocycles. The zero-order chi connectivity index (χ0) is 13.9. The zero-order valence-corrected chi connectivity index (χ0v) is 11.3. The number of nitrogens with zero attached hydrogens (tertiary/aromatic N) is 1. The highest BCUT2D eigenvalue weighted by Crippen LogP contribution is 2.23. The lowest BCUT2D eigenvalue weighted by Gasteiger charge is -2.12. The standard InChI is InChI=1S/C15H17N3O2/c1-10-5-6-14(20-10)15(19)17-12-4-2-3-11(9-12)13-7-8-16-18-13/h2-4,7-10,14H,5-6H2,1H3,(H,16,18)(H,17,19). The second-order valence-electron chi connectivity index (χ2n) is 5.05. The number of hydrogen-bond acceptors (Lipinski definition) is 3. The molecule has 1 aliphatic heterocycles. The number of anilines is 1. The van der Waals surface area contributed by atoms with Crippen molar-refractivity contribution in [2.24, 2.45) is 0 Å². The number of amides is 1. The fourth-order valence-electron chi connectivity index (χ4n) is 2.40. The van der Waals surface area contributed by atoms with E-state index in [2.05, 4.69) is 15.5 Å². The third kappa shape index (κ3) is 2.72. The van der Waals surface area contributed by atoms with Crippen LogP contribution < -0.4 is 5.32 Å². The maximum atomic E-state index is 12.1. The van der Waals surface area contributed by atoms with Gasteiger partial charge in [-0.3, -0.25) is 9.89 Å². The molecule has 2 atom stereocenters. The summed E-state index contributed by atoms with van der Waals surface area (Å²) < 4.78 is 5.57. The van der Waals surface area contributed by atoms with Crippen LogP contribution in [-0.4, -0.2) is 28.3 Å². The van der Waals surface area contributed by atoms with Crippen molar-refractivity contribution in [2.75, 3.05) is 5.32 Å². The summed E-state index contributed by atoms with van der Waals surface area (Å²) in [5.74, 6) is -0.0730. The summed E-state index contributed by atoms with van der Waals surface area (Å²) in [6.45, 7) is 1.99. The van der Waals surface area contributed by atoms with Crippen LogP contribution in [0.4, 0.5) is 5.69 Å². The molecule has 2 unspecified atom stereocenters. The molecule has 2 heterocycles. The van der Waals surface area contributed by atoms with Crippen LogP contribution >= 0.6 is 0 Å². The van der Waals surface area contributed by atoms with Gasteiger partial charge < -0.3 is 10.1 Å². The fourth-order valence-corrected chi connectivity index (χ4v) is 2.40. The molecule has 2 aromatic rings. The lowest BCUT2D eigenvalue weighted by atomic mass is 10.1. The van der Waals surface area contributed by atoms with Crippen molar-refractivity contribution in [3.05, 3.63) is 36.5 Å². The molecule has 5 heteroatoms. The van der Waals surface area contributed by atoms with Gasteiger partial charge in [-0.1, -0.05) is 12.1 Å². The first-order chi connectivity index (χ1) is 9.72. The van der Waals surface area contributed by atoms with Crippen molar-refractivity contribution in [1.82, 2.24) is 10.2 Å². The number of ether oxygens (including phenoxy) is 1. The van der Waals surface area contributed by atoms with Crippen molar-refractivity contribution in [3.63, 3.8) is 0 Å². The van der Waals surface area contributed by atoms with Crippen molar-refractivity contribution in [2.45, 2.75) is 32.0 Å². The molecule has 2 N–H and O–H groups in total. The predicted molar refractivity (Wildman–Crippen MR) is 76.2 cm³/mol. The average Bonchev–Trinajstić information content (AvgIpc) is 3.10. The van der Waals surface area contributed by atoms with Crippen molar-refractivity contribution >= 4 is 11.6 Å². The van der Waals surface area contributed by atoms with E-state index in [4.69, 9.17) is 4.74 Å². The summed E-state index contributed by atoms with van der Waals surface area (Å²) in [5, 5.41) is 9.74. The number of aromatic nitrogens is 2. The van der Waals surface area contributed by atoms with Gasteiger partial charge in [0.2, 0.25) is 0 Å². The van der Waals surface area contributed by atoms with Crippen LogP contribution in [0.3, 0.4) is 0 Å². The van der Waals surface area contributed by atoms with E-state index >= 15 is 0 Å². The van der Waals surface area contributed by atoms with Gasteiger partial charge >= 0.3 is 0 Å². The number of H-pyrrole nitrogens is 1. The predicted octanol–water partition coefficient (Wildman–Crippen LogP) is 2.58. The van der Waals surface area contributed by atoms with Gasteiger partial charge in [0.15, 0.2) is 0 Å². The van der Waals surface area contributed by atoms with Crippen LogP contribution in [0.1, 0.15) is 19.8 Å². The van der Waals surface area contributed by atoms with E-state index in [1.807, 2.05) is 37.3 Å². The Balaban J connectivity index is 1.71. The topological polar surface area (TPSA) is 67.0 Å². The molecule has 1 saturated heterocycles. The number of rotatable bonds is 3. The summed E-state index contributed by atoms with van der Waals surface area (Å²) in [6, 6.07) is 9.56. The van der Waals surface area contributed by atoms with Gasteiger partial charge in [0.05, 0.1) is 11.8 Å². The summed E-state index contributed by atoms with van der Waals surface area (Å²) in [4.78, 5) is 12.1. The molecule has 0 aliphatic carbocycles. The Morgan fingerprint density at radius 2 is 2.30 bits per heavy atom. The van der Waals surface area contributed by atoms with Crippen molar-refractivity contribution in [3.8, 4) is 11.3 Å². The van der Waals surface area contributed by atoms with Gasteiger partial charge in [0.1, 0.15) is 6.10 Å². The molecule has 1 fully saturated rings. The van der Waals surface area contributed by atoms with Crippen LogP contribution in [0.2, 0.25) is 0 Å². The first-order valence-electron chi connectivity index (χ1n) is 6.78. The second-order valence-corrected chi connectivity index (χ2v) is 5.05. The van der Waals surface area contributed by atoms with Gasteiger partial charge in [-0.2, -0.15) is 5.10 Å². The molecular weight excluding hydrogens is 254 g/mol. The Morgan fingerprint density at radius 1 is 1.40 bits per heavy atom. The number of nitrogens with one attached hydrogen (secondary N) is 2. The third-order valence-electron chi connectivity index (χ3n) is 3.47. The smallest absolute Gasteiger partial charge is 0.253 e. The first-order valence-corrected chi connectivity index (χ1v) is 6.78. The van der Waals surface area contributed by atoms with Crippen LogP contribution in [0, 0.1) is 0 Å². The van der Waals surface area contributed by atoms with Crippen LogP contribution in [0.15, 0.2) is 36.5 Å². The van der Waals surface area contributed by atoms with Gasteiger partial charge in [0, 0.05) is 17.4 Å². The van der Waals surface area contributed by atoms with E-state index in [0.717, 1.165) is 29.8 Å². The largest absolute Gasteiger partial charge is 0.365 e. The zero-order valence-electron chi connectivity index (χ0n) is 11.3. The SMILES string of the molecule is CC1CCC(C(=O)Nc2cccc(-c3ccn[nH]3)c2)O1. The van der Waals surface area contributed by atoms with E-state index < -0.39 is 0 Å². The van der Waals surface area contributed by atoms with E-state index in [1.54, 1.807) is 6.20 Å². The number of carbonyl (C=O) groups excluding carboxylic acids is 1. The van der Waals surface area contributed by atoms with Crippen LogP contribution in [0.25, 0.3) is 11.3 Å².